The van der Waals surface area contributed by atoms with Crippen molar-refractivity contribution in [2.45, 2.75) is 69.4 Å². The minimum atomic E-state index is -1.07. The van der Waals surface area contributed by atoms with Crippen LogP contribution in [-0.4, -0.2) is 97.4 Å². The molecule has 2 unspecified atom stereocenters. The van der Waals surface area contributed by atoms with Crippen molar-refractivity contribution in [1.29, 1.82) is 0 Å². The average molecular weight is 967 g/mol. The lowest BCUT2D eigenvalue weighted by Crippen LogP contribution is -2.49. The number of hydrogen-bond acceptors (Lipinski definition) is 10. The van der Waals surface area contributed by atoms with Gasteiger partial charge in [-0.15, -0.1) is 0 Å². The Hall–Kier alpha value is -6.30. The first kappa shape index (κ1) is 47.8. The van der Waals surface area contributed by atoms with Crippen molar-refractivity contribution in [3.05, 3.63) is 100 Å². The zero-order chi connectivity index (χ0) is 48.6. The molecule has 2 saturated heterocycles. The number of methoxy groups -OCH3 is 1. The molecule has 1 aliphatic carbocycles. The molecule has 4 heterocycles. The fourth-order valence-electron chi connectivity index (χ4n) is 10.8. The maximum Gasteiger partial charge on any atom is 0.329 e. The van der Waals surface area contributed by atoms with Crippen molar-refractivity contribution in [2.24, 2.45) is 24.6 Å². The highest BCUT2D eigenvalue weighted by molar-refractivity contribution is 6.34. The fourth-order valence-corrected chi connectivity index (χ4v) is 11.1. The molecule has 3 fully saturated rings. The van der Waals surface area contributed by atoms with E-state index in [2.05, 4.69) is 31.3 Å². The number of ether oxygens (including phenoxy) is 2. The highest BCUT2D eigenvalue weighted by Crippen LogP contribution is 2.56. The molecule has 1 aromatic heterocycles. The number of piperidine rings is 1. The molecule has 364 valence electrons. The van der Waals surface area contributed by atoms with Gasteiger partial charge in [-0.3, -0.25) is 29.3 Å². The quantitative estimate of drug-likeness (QED) is 0.0719. The van der Waals surface area contributed by atoms with E-state index in [4.69, 9.17) is 26.8 Å². The summed E-state index contributed by atoms with van der Waals surface area (Å²) in [6, 6.07) is 19.0. The van der Waals surface area contributed by atoms with E-state index in [1.165, 1.54) is 30.2 Å². The van der Waals surface area contributed by atoms with Crippen LogP contribution in [0.5, 0.6) is 11.5 Å². The number of fused-ring (bicyclic) bond motifs is 2. The number of para-hydroxylation sites is 1. The fraction of sp³-hybridized carbons (Fsp3) is 0.431. The predicted molar refractivity (Wildman–Crippen MR) is 260 cm³/mol. The van der Waals surface area contributed by atoms with Crippen LogP contribution < -0.4 is 41.4 Å². The number of hydrogen-bond donors (Lipinski definition) is 5. The lowest BCUT2D eigenvalue weighted by molar-refractivity contribution is -0.126. The molecule has 5 amide bonds. The Kier molecular flexibility index (Phi) is 13.8. The first-order valence-corrected chi connectivity index (χ1v) is 24.1. The zero-order valence-electron chi connectivity index (χ0n) is 39.0. The number of anilines is 2. The summed E-state index contributed by atoms with van der Waals surface area (Å²) in [4.78, 5) is 54.3. The van der Waals surface area contributed by atoms with E-state index < -0.39 is 35.1 Å². The van der Waals surface area contributed by atoms with Gasteiger partial charge in [-0.2, -0.15) is 5.10 Å². The van der Waals surface area contributed by atoms with E-state index in [0.717, 1.165) is 86.9 Å². The van der Waals surface area contributed by atoms with Crippen molar-refractivity contribution in [2.75, 3.05) is 63.1 Å². The number of aryl methyl sites for hydroxylation is 1. The maximum absolute atomic E-state index is 16.2. The molecular weight excluding hydrogens is 908 g/mol. The van der Waals surface area contributed by atoms with Crippen molar-refractivity contribution in [3.63, 3.8) is 0 Å². The number of carbonyl (C=O) groups excluding carboxylic acids is 4. The van der Waals surface area contributed by atoms with E-state index >= 15 is 8.78 Å². The Morgan fingerprint density at radius 1 is 0.986 bits per heavy atom. The van der Waals surface area contributed by atoms with Gasteiger partial charge in [0, 0.05) is 92.2 Å². The number of halogens is 3. The van der Waals surface area contributed by atoms with E-state index in [1.54, 1.807) is 4.68 Å². The zero-order valence-corrected chi connectivity index (χ0v) is 39.8. The van der Waals surface area contributed by atoms with Gasteiger partial charge in [-0.05, 0) is 87.4 Å². The Morgan fingerprint density at radius 3 is 2.45 bits per heavy atom. The number of likely N-dealkylation sites (tertiary alicyclic amines) is 1. The van der Waals surface area contributed by atoms with Gasteiger partial charge in [0.1, 0.15) is 11.6 Å². The number of rotatable bonds is 15. The molecule has 15 nitrogen and oxygen atoms in total. The van der Waals surface area contributed by atoms with Gasteiger partial charge in [0.25, 0.3) is 0 Å². The Bertz CT molecular complexity index is 2780. The largest absolute Gasteiger partial charge is 0.494 e. The van der Waals surface area contributed by atoms with Crippen LogP contribution in [0.15, 0.2) is 66.7 Å². The lowest BCUT2D eigenvalue weighted by Gasteiger charge is -2.37. The predicted octanol–water partition coefficient (Wildman–Crippen LogP) is 7.21. The summed E-state index contributed by atoms with van der Waals surface area (Å²) >= 11 is 6.68. The highest BCUT2D eigenvalue weighted by Gasteiger charge is 2.50. The summed E-state index contributed by atoms with van der Waals surface area (Å²) in [5.74, 6) is -2.41. The second-order valence-corrected chi connectivity index (χ2v) is 19.1. The van der Waals surface area contributed by atoms with E-state index in [1.807, 2.05) is 62.5 Å². The molecular formula is C51H58ClF2N9O6. The van der Waals surface area contributed by atoms with Crippen LogP contribution in [0.1, 0.15) is 79.3 Å². The van der Waals surface area contributed by atoms with Crippen LogP contribution >= 0.6 is 11.6 Å². The van der Waals surface area contributed by atoms with Crippen LogP contribution in [0.2, 0.25) is 5.02 Å². The number of imide groups is 1. The molecule has 1 saturated carbocycles. The third-order valence-corrected chi connectivity index (χ3v) is 15.0. The SMILES string of the molecule is COc1ccc(C(N)=O)c(-c2c(Cl)c(F)cc3c2C(C)C(CNC2CCC(C(=O)NCCN4CCC(CNc5cccc6c(N7CCC(=O)NC7=O)nn(C)c56)CC4)CC2)(c2ccccc2)O3)c1F. The number of nitrogens with two attached hydrogens (primary N) is 1. The topological polar surface area (TPSA) is 185 Å². The van der Waals surface area contributed by atoms with Gasteiger partial charge in [-0.25, -0.2) is 13.6 Å². The highest BCUT2D eigenvalue weighted by atomic mass is 35.5. The molecule has 4 aliphatic rings. The normalized spacial score (nSPS) is 22.0. The number of urea groups is 1. The second-order valence-electron chi connectivity index (χ2n) is 18.7. The molecule has 3 aliphatic heterocycles. The van der Waals surface area contributed by atoms with Crippen molar-refractivity contribution in [3.8, 4) is 22.6 Å². The molecule has 0 bridgehead atoms. The first-order chi connectivity index (χ1) is 33.3. The maximum atomic E-state index is 16.2. The summed E-state index contributed by atoms with van der Waals surface area (Å²) in [7, 11) is 3.16. The second kappa shape index (κ2) is 20.0. The number of amides is 5. The monoisotopic (exact) mass is 965 g/mol. The standard InChI is InChI=1S/C51H58ClF2N9O6/c1-29-41-39(26-36(53)44(52)43(41)42-34(47(55)65)16-17-38(68-3)45(42)54)69-51(29,32-8-5-4-6-9-32)28-58-33-14-12-31(13-15-33)49(66)56-21-25-62-22-18-30(19-23-62)27-57-37-11-7-10-35-46(37)61(2)60-48(35)63-24-20-40(64)59-50(63)67/h4-11,16-17,26,29-31,33,57-58H,12-15,18-25,27-28H2,1-3H3,(H2,55,65)(H,56,66)(H,59,64,67). The first-order valence-electron chi connectivity index (χ1n) is 23.7. The number of nitrogens with one attached hydrogen (secondary N) is 4. The average Bonchev–Trinajstić information content (AvgIpc) is 3.84. The van der Waals surface area contributed by atoms with Crippen molar-refractivity contribution < 1.29 is 37.4 Å². The lowest BCUT2D eigenvalue weighted by atomic mass is 9.77. The number of nitrogens with zero attached hydrogens (tertiary/aromatic N) is 4. The molecule has 18 heteroatoms. The summed E-state index contributed by atoms with van der Waals surface area (Å²) < 4.78 is 45.7. The molecule has 4 aromatic carbocycles. The van der Waals surface area contributed by atoms with E-state index in [-0.39, 0.29) is 70.0 Å². The molecule has 69 heavy (non-hydrogen) atoms. The van der Waals surface area contributed by atoms with Gasteiger partial charge in [0.15, 0.2) is 23.0 Å². The van der Waals surface area contributed by atoms with Gasteiger partial charge < -0.3 is 36.1 Å². The molecule has 0 radical (unpaired) electrons. The van der Waals surface area contributed by atoms with Crippen molar-refractivity contribution >= 4 is 57.8 Å². The molecule has 0 spiro atoms. The Labute approximate surface area is 404 Å². The van der Waals surface area contributed by atoms with Gasteiger partial charge in [0.2, 0.25) is 17.7 Å². The minimum Gasteiger partial charge on any atom is -0.494 e. The summed E-state index contributed by atoms with van der Waals surface area (Å²) in [5.41, 5.74) is 7.34. The number of benzene rings is 4. The third-order valence-electron chi connectivity index (χ3n) is 14.7. The minimum absolute atomic E-state index is 0.00844. The number of carbonyl (C=O) groups is 4. The Morgan fingerprint density at radius 2 is 1.74 bits per heavy atom. The third kappa shape index (κ3) is 9.31. The molecule has 5 aromatic rings. The van der Waals surface area contributed by atoms with Crippen LogP contribution in [0.25, 0.3) is 22.0 Å². The molecule has 9 rings (SSSR count). The summed E-state index contributed by atoms with van der Waals surface area (Å²) in [6.07, 6.45) is 5.25. The summed E-state index contributed by atoms with van der Waals surface area (Å²) in [5, 5.41) is 18.1. The number of primary amides is 1. The van der Waals surface area contributed by atoms with Crippen LogP contribution in [-0.2, 0) is 22.2 Å². The van der Waals surface area contributed by atoms with Crippen LogP contribution in [0.3, 0.4) is 0 Å². The van der Waals surface area contributed by atoms with Crippen LogP contribution in [0.4, 0.5) is 25.1 Å². The smallest absolute Gasteiger partial charge is 0.329 e. The van der Waals surface area contributed by atoms with E-state index in [0.29, 0.717) is 30.4 Å². The Balaban J connectivity index is 0.766. The number of aromatic nitrogens is 2. The van der Waals surface area contributed by atoms with Gasteiger partial charge in [-0.1, -0.05) is 54.9 Å². The molecule has 6 N–H and O–H groups in total. The van der Waals surface area contributed by atoms with Crippen molar-refractivity contribution in [1.82, 2.24) is 30.6 Å². The van der Waals surface area contributed by atoms with Crippen LogP contribution in [0, 0.1) is 23.5 Å². The van der Waals surface area contributed by atoms with E-state index in [9.17, 15) is 19.2 Å². The summed E-state index contributed by atoms with van der Waals surface area (Å²) in [6.45, 7) is 6.57. The van der Waals surface area contributed by atoms with Gasteiger partial charge in [0.05, 0.1) is 28.9 Å². The van der Waals surface area contributed by atoms with Gasteiger partial charge >= 0.3 is 6.03 Å². The molecule has 2 atom stereocenters.